The van der Waals surface area contributed by atoms with Crippen molar-refractivity contribution in [3.05, 3.63) is 12.2 Å². The van der Waals surface area contributed by atoms with Gasteiger partial charge in [-0.1, -0.05) is 12.2 Å². The highest BCUT2D eigenvalue weighted by Gasteiger charge is 2.61. The van der Waals surface area contributed by atoms with Crippen LogP contribution in [0, 0.1) is 35.5 Å². The molecule has 2 amide bonds. The molecule has 0 spiro atoms. The number of fused-ring (bicyclic) bond motifs is 1. The van der Waals surface area contributed by atoms with Crippen molar-refractivity contribution in [2.24, 2.45) is 35.5 Å². The lowest BCUT2D eigenvalue weighted by molar-refractivity contribution is -0.135. The van der Waals surface area contributed by atoms with Crippen molar-refractivity contribution in [2.45, 2.75) is 12.8 Å². The maximum Gasteiger partial charge on any atom is 0.230 e. The summed E-state index contributed by atoms with van der Waals surface area (Å²) in [5.41, 5.74) is 0. The van der Waals surface area contributed by atoms with Gasteiger partial charge in [0.2, 0.25) is 11.8 Å². The van der Waals surface area contributed by atoms with Crippen molar-refractivity contribution in [1.82, 2.24) is 5.32 Å². The normalized spacial score (nSPS) is 54.7. The number of nitrogens with one attached hydrogen (secondary N) is 1. The Morgan fingerprint density at radius 2 is 1.40 bits per heavy atom. The van der Waals surface area contributed by atoms with Crippen LogP contribution in [0.4, 0.5) is 0 Å². The molecule has 5 aliphatic rings. The Morgan fingerprint density at radius 1 is 0.933 bits per heavy atom. The van der Waals surface area contributed by atoms with Gasteiger partial charge in [0, 0.05) is 0 Å². The number of imide groups is 1. The first kappa shape index (κ1) is 8.08. The minimum atomic E-state index is -0.00144. The summed E-state index contributed by atoms with van der Waals surface area (Å²) in [6, 6.07) is 0. The number of hydrogen-bond acceptors (Lipinski definition) is 2. The fraction of sp³-hybridized carbons (Fsp3) is 0.667. The maximum atomic E-state index is 11.7. The summed E-state index contributed by atoms with van der Waals surface area (Å²) in [5, 5.41) is 2.52. The van der Waals surface area contributed by atoms with Gasteiger partial charge >= 0.3 is 0 Å². The van der Waals surface area contributed by atoms with E-state index in [0.717, 1.165) is 12.8 Å². The average molecular weight is 203 g/mol. The van der Waals surface area contributed by atoms with Crippen LogP contribution in [0.25, 0.3) is 0 Å². The van der Waals surface area contributed by atoms with Crippen LogP contribution >= 0.6 is 0 Å². The topological polar surface area (TPSA) is 46.2 Å². The predicted octanol–water partition coefficient (Wildman–Crippen LogP) is 0.717. The molecule has 78 valence electrons. The molecule has 3 saturated carbocycles. The van der Waals surface area contributed by atoms with E-state index in [-0.39, 0.29) is 23.7 Å². The van der Waals surface area contributed by atoms with Gasteiger partial charge in [-0.2, -0.15) is 0 Å². The average Bonchev–Trinajstić information content (AvgIpc) is 2.44. The fourth-order valence-electron chi connectivity index (χ4n) is 4.37. The first-order valence-electron chi connectivity index (χ1n) is 5.80. The largest absolute Gasteiger partial charge is 0.296 e. The molecule has 1 N–H and O–H groups in total. The third kappa shape index (κ3) is 0.757. The highest BCUT2D eigenvalue weighted by atomic mass is 16.2. The second-order valence-electron chi connectivity index (χ2n) is 5.35. The predicted molar refractivity (Wildman–Crippen MR) is 52.5 cm³/mol. The SMILES string of the molecule is O=C1NC(=O)[C@H]2C3CCC([C@@H]12)[C@@H]1C=C[C@H]31. The Hall–Kier alpha value is -1.12. The van der Waals surface area contributed by atoms with Crippen LogP contribution in [-0.4, -0.2) is 11.8 Å². The molecule has 1 saturated heterocycles. The van der Waals surface area contributed by atoms with Crippen molar-refractivity contribution >= 4 is 11.8 Å². The molecule has 4 fully saturated rings. The number of rotatable bonds is 0. The molecule has 2 bridgehead atoms. The van der Waals surface area contributed by atoms with E-state index in [1.54, 1.807) is 0 Å². The Morgan fingerprint density at radius 3 is 1.80 bits per heavy atom. The quantitative estimate of drug-likeness (QED) is 0.465. The maximum absolute atomic E-state index is 11.7. The van der Waals surface area contributed by atoms with Crippen LogP contribution in [-0.2, 0) is 9.59 Å². The van der Waals surface area contributed by atoms with Gasteiger partial charge in [-0.15, -0.1) is 0 Å². The molecule has 1 heterocycles. The van der Waals surface area contributed by atoms with E-state index in [0.29, 0.717) is 23.7 Å². The van der Waals surface area contributed by atoms with Crippen molar-refractivity contribution in [3.63, 3.8) is 0 Å². The second-order valence-corrected chi connectivity index (χ2v) is 5.35. The molecule has 15 heavy (non-hydrogen) atoms. The van der Waals surface area contributed by atoms with Gasteiger partial charge in [0.05, 0.1) is 11.8 Å². The van der Waals surface area contributed by atoms with Crippen LogP contribution in [0.2, 0.25) is 0 Å². The van der Waals surface area contributed by atoms with E-state index in [1.165, 1.54) is 0 Å². The Labute approximate surface area is 87.9 Å². The first-order chi connectivity index (χ1) is 7.27. The molecule has 4 aliphatic carbocycles. The Balaban J connectivity index is 1.83. The number of carbonyl (C=O) groups excluding carboxylic acids is 2. The van der Waals surface area contributed by atoms with Crippen LogP contribution in [0.15, 0.2) is 12.2 Å². The van der Waals surface area contributed by atoms with E-state index >= 15 is 0 Å². The third-order valence-electron chi connectivity index (χ3n) is 4.98. The van der Waals surface area contributed by atoms with E-state index in [4.69, 9.17) is 0 Å². The third-order valence-corrected chi connectivity index (χ3v) is 4.98. The molecule has 0 aromatic rings. The molecular formula is C12H13NO2. The Kier molecular flexibility index (Phi) is 1.26. The van der Waals surface area contributed by atoms with Gasteiger partial charge in [-0.05, 0) is 36.5 Å². The number of amides is 2. The number of hydrogen-bond donors (Lipinski definition) is 1. The molecule has 1 aliphatic heterocycles. The summed E-state index contributed by atoms with van der Waals surface area (Å²) in [6.45, 7) is 0. The highest BCUT2D eigenvalue weighted by Crippen LogP contribution is 2.60. The zero-order valence-corrected chi connectivity index (χ0v) is 8.35. The van der Waals surface area contributed by atoms with E-state index in [1.807, 2.05) is 0 Å². The van der Waals surface area contributed by atoms with E-state index in [9.17, 15) is 9.59 Å². The lowest BCUT2D eigenvalue weighted by atomic mass is 9.47. The zero-order chi connectivity index (χ0) is 10.2. The number of carbonyl (C=O) groups is 2. The lowest BCUT2D eigenvalue weighted by Crippen LogP contribution is -2.53. The fourth-order valence-corrected chi connectivity index (χ4v) is 4.37. The minimum absolute atomic E-state index is 0.00144. The zero-order valence-electron chi connectivity index (χ0n) is 8.35. The van der Waals surface area contributed by atoms with Crippen molar-refractivity contribution in [1.29, 1.82) is 0 Å². The van der Waals surface area contributed by atoms with Gasteiger partial charge in [0.25, 0.3) is 0 Å². The molecule has 2 unspecified atom stereocenters. The Bertz CT molecular complexity index is 364. The van der Waals surface area contributed by atoms with Crippen molar-refractivity contribution in [3.8, 4) is 0 Å². The smallest absolute Gasteiger partial charge is 0.230 e. The van der Waals surface area contributed by atoms with Gasteiger partial charge in [0.1, 0.15) is 0 Å². The standard InChI is InChI=1S/C12H13NO2/c14-11-9-7-3-4-8(6-2-1-5(6)7)10(9)12(15)13-11/h1-2,5-10H,3-4H2,(H,13,14,15)/t5-,6+,7?,8?,9-,10+. The molecule has 3 heteroatoms. The molecule has 3 nitrogen and oxygen atoms in total. The van der Waals surface area contributed by atoms with Crippen LogP contribution in [0.3, 0.4) is 0 Å². The van der Waals surface area contributed by atoms with Crippen LogP contribution in [0.5, 0.6) is 0 Å². The van der Waals surface area contributed by atoms with Crippen molar-refractivity contribution in [2.75, 3.05) is 0 Å². The summed E-state index contributed by atoms with van der Waals surface area (Å²) in [7, 11) is 0. The monoisotopic (exact) mass is 203 g/mol. The summed E-state index contributed by atoms with van der Waals surface area (Å²) in [4.78, 5) is 23.5. The van der Waals surface area contributed by atoms with Gasteiger partial charge in [-0.3, -0.25) is 14.9 Å². The van der Waals surface area contributed by atoms with Crippen molar-refractivity contribution < 1.29 is 9.59 Å². The summed E-state index contributed by atoms with van der Waals surface area (Å²) < 4.78 is 0. The van der Waals surface area contributed by atoms with Gasteiger partial charge < -0.3 is 0 Å². The van der Waals surface area contributed by atoms with Gasteiger partial charge in [0.15, 0.2) is 0 Å². The summed E-state index contributed by atoms with van der Waals surface area (Å²) in [5.74, 6) is 2.09. The first-order valence-corrected chi connectivity index (χ1v) is 5.80. The summed E-state index contributed by atoms with van der Waals surface area (Å²) >= 11 is 0. The number of allylic oxidation sites excluding steroid dienone is 2. The molecule has 6 atom stereocenters. The molecule has 0 aromatic heterocycles. The van der Waals surface area contributed by atoms with Gasteiger partial charge in [-0.25, -0.2) is 0 Å². The van der Waals surface area contributed by atoms with E-state index in [2.05, 4.69) is 17.5 Å². The van der Waals surface area contributed by atoms with Crippen LogP contribution in [0.1, 0.15) is 12.8 Å². The molecule has 0 radical (unpaired) electrons. The molecular weight excluding hydrogens is 190 g/mol. The van der Waals surface area contributed by atoms with Crippen LogP contribution < -0.4 is 5.32 Å². The molecule has 5 rings (SSSR count). The minimum Gasteiger partial charge on any atom is -0.296 e. The lowest BCUT2D eigenvalue weighted by Gasteiger charge is -2.55. The molecule has 0 aromatic carbocycles. The highest BCUT2D eigenvalue weighted by molar-refractivity contribution is 6.05. The summed E-state index contributed by atoms with van der Waals surface area (Å²) in [6.07, 6.45) is 6.76. The van der Waals surface area contributed by atoms with E-state index < -0.39 is 0 Å². The second kappa shape index (κ2) is 2.34.